The summed E-state index contributed by atoms with van der Waals surface area (Å²) in [6.45, 7) is 11.1. The van der Waals surface area contributed by atoms with E-state index in [2.05, 4.69) is 0 Å². The topological polar surface area (TPSA) is 0 Å². The summed E-state index contributed by atoms with van der Waals surface area (Å²) in [7, 11) is -2.96. The molecule has 0 aliphatic rings. The predicted octanol–water partition coefficient (Wildman–Crippen LogP) is 5.05. The summed E-state index contributed by atoms with van der Waals surface area (Å²) >= 11 is 11.4. The number of halogens is 3. The van der Waals surface area contributed by atoms with Crippen molar-refractivity contribution in [1.82, 2.24) is 0 Å². The fourth-order valence-electron chi connectivity index (χ4n) is 1.51. The van der Waals surface area contributed by atoms with E-state index >= 15 is 0 Å². The minimum atomic E-state index is -2.96. The third-order valence-electron chi connectivity index (χ3n) is 2.08. The highest BCUT2D eigenvalue weighted by Crippen LogP contribution is 2.71. The smallest absolute Gasteiger partial charge is 0.134 e. The van der Waals surface area contributed by atoms with Crippen LogP contribution >= 0.6 is 30.4 Å². The molecule has 0 heterocycles. The molecule has 0 spiro atoms. The number of rotatable bonds is 0. The van der Waals surface area contributed by atoms with E-state index < -0.39 is 17.5 Å². The first kappa shape index (κ1) is 13.8. The monoisotopic (exact) mass is 246 g/mol. The average molecular weight is 247 g/mol. The van der Waals surface area contributed by atoms with Crippen LogP contribution in [-0.2, 0) is 0 Å². The van der Waals surface area contributed by atoms with Crippen LogP contribution < -0.4 is 0 Å². The van der Waals surface area contributed by atoms with Crippen LogP contribution in [0.2, 0.25) is 0 Å². The molecule has 0 aromatic carbocycles. The molecular formula is C9H18Cl2FP. The van der Waals surface area contributed by atoms with Crippen LogP contribution in [0.15, 0.2) is 0 Å². The molecule has 0 amide bonds. The molecule has 0 atom stereocenters. The standard InChI is InChI=1S/C9H18Cl2FP/c1-8(2,3)13(12,7(10)11)9(4,5)6/h1-6H3. The minimum absolute atomic E-state index is 0.0764. The predicted molar refractivity (Wildman–Crippen MR) is 64.2 cm³/mol. The highest BCUT2D eigenvalue weighted by atomic mass is 35.5. The van der Waals surface area contributed by atoms with E-state index in [1.807, 2.05) is 41.5 Å². The van der Waals surface area contributed by atoms with E-state index in [1.165, 1.54) is 0 Å². The Morgan fingerprint density at radius 3 is 1.15 bits per heavy atom. The largest absolute Gasteiger partial charge is 0.226 e. The van der Waals surface area contributed by atoms with Crippen LogP contribution in [0, 0.1) is 0 Å². The SMILES string of the molecule is CC(C)(C)P(F)(=C(Cl)Cl)C(C)(C)C. The summed E-state index contributed by atoms with van der Waals surface area (Å²) in [4.78, 5) is 0. The van der Waals surface area contributed by atoms with Gasteiger partial charge in [0.15, 0.2) is 0 Å². The van der Waals surface area contributed by atoms with Gasteiger partial charge in [-0.2, -0.15) is 0 Å². The van der Waals surface area contributed by atoms with Gasteiger partial charge in [0.25, 0.3) is 0 Å². The fourth-order valence-corrected chi connectivity index (χ4v) is 7.58. The van der Waals surface area contributed by atoms with E-state index in [1.54, 1.807) is 0 Å². The zero-order valence-corrected chi connectivity index (χ0v) is 11.5. The number of hydrogen-bond donors (Lipinski definition) is 0. The lowest BCUT2D eigenvalue weighted by molar-refractivity contribution is 0.634. The van der Waals surface area contributed by atoms with E-state index in [4.69, 9.17) is 23.2 Å². The molecule has 0 fully saturated rings. The summed E-state index contributed by atoms with van der Waals surface area (Å²) in [5.41, 5.74) is 0. The Balaban J connectivity index is 5.68. The summed E-state index contributed by atoms with van der Waals surface area (Å²) in [6, 6.07) is 0. The highest BCUT2D eigenvalue weighted by Gasteiger charge is 2.44. The molecule has 0 aromatic heterocycles. The van der Waals surface area contributed by atoms with Crippen LogP contribution in [0.4, 0.5) is 4.20 Å². The van der Waals surface area contributed by atoms with Crippen molar-refractivity contribution in [2.75, 3.05) is 0 Å². The Kier molecular flexibility index (Phi) is 3.99. The Hall–Kier alpha value is 0.810. The molecule has 0 aliphatic carbocycles. The molecule has 80 valence electrons. The Morgan fingerprint density at radius 1 is 0.923 bits per heavy atom. The van der Waals surface area contributed by atoms with Crippen LogP contribution in [0.3, 0.4) is 0 Å². The summed E-state index contributed by atoms with van der Waals surface area (Å²) in [5.74, 6) is 0. The first-order chi connectivity index (χ1) is 5.44. The van der Waals surface area contributed by atoms with Crippen molar-refractivity contribution in [3.8, 4) is 0 Å². The third-order valence-corrected chi connectivity index (χ3v) is 7.64. The van der Waals surface area contributed by atoms with Crippen molar-refractivity contribution in [1.29, 1.82) is 0 Å². The first-order valence-corrected chi connectivity index (χ1v) is 6.65. The molecule has 0 N–H and O–H groups in total. The van der Waals surface area contributed by atoms with Crippen molar-refractivity contribution in [3.05, 3.63) is 0 Å². The summed E-state index contributed by atoms with van der Waals surface area (Å²) < 4.78 is 14.7. The maximum atomic E-state index is 14.7. The number of hydrogen-bond acceptors (Lipinski definition) is 0. The lowest BCUT2D eigenvalue weighted by Gasteiger charge is -2.41. The van der Waals surface area contributed by atoms with Gasteiger partial charge in [-0.25, -0.2) is 4.20 Å². The van der Waals surface area contributed by atoms with Crippen molar-refractivity contribution in [2.24, 2.45) is 0 Å². The zero-order chi connectivity index (χ0) is 11.1. The second-order valence-electron chi connectivity index (χ2n) is 5.17. The molecule has 0 saturated carbocycles. The molecule has 0 rings (SSSR count). The van der Waals surface area contributed by atoms with Crippen molar-refractivity contribution in [3.63, 3.8) is 0 Å². The van der Waals surface area contributed by atoms with Gasteiger partial charge in [-0.15, -0.1) is 0 Å². The quantitative estimate of drug-likeness (QED) is 0.525. The van der Waals surface area contributed by atoms with Crippen LogP contribution in [0.25, 0.3) is 0 Å². The van der Waals surface area contributed by atoms with Gasteiger partial charge in [0.05, 0.1) is 7.20 Å². The first-order valence-electron chi connectivity index (χ1n) is 4.22. The minimum Gasteiger partial charge on any atom is -0.226 e. The van der Waals surface area contributed by atoms with E-state index in [0.29, 0.717) is 0 Å². The van der Waals surface area contributed by atoms with Crippen LogP contribution in [-0.4, -0.2) is 14.5 Å². The average Bonchev–Trinajstić information content (AvgIpc) is 1.80. The van der Waals surface area contributed by atoms with E-state index in [9.17, 15) is 4.20 Å². The molecule has 4 heteroatoms. The maximum Gasteiger partial charge on any atom is 0.134 e. The van der Waals surface area contributed by atoms with Gasteiger partial charge in [0.1, 0.15) is 4.21 Å². The molecular weight excluding hydrogens is 229 g/mol. The van der Waals surface area contributed by atoms with Gasteiger partial charge < -0.3 is 0 Å². The highest BCUT2D eigenvalue weighted by molar-refractivity contribution is 7.80. The van der Waals surface area contributed by atoms with Gasteiger partial charge in [-0.3, -0.25) is 0 Å². The second-order valence-corrected chi connectivity index (χ2v) is 11.0. The van der Waals surface area contributed by atoms with Crippen molar-refractivity contribution < 1.29 is 4.20 Å². The van der Waals surface area contributed by atoms with Gasteiger partial charge in [-0.05, 0) is 0 Å². The molecule has 0 aliphatic heterocycles. The summed E-state index contributed by atoms with van der Waals surface area (Å²) in [6.07, 6.45) is 0. The maximum absolute atomic E-state index is 14.7. The van der Waals surface area contributed by atoms with E-state index in [0.717, 1.165) is 0 Å². The van der Waals surface area contributed by atoms with Crippen LogP contribution in [0.1, 0.15) is 41.5 Å². The second kappa shape index (κ2) is 3.76. The van der Waals surface area contributed by atoms with Crippen LogP contribution in [0.5, 0.6) is 0 Å². The van der Waals surface area contributed by atoms with Gasteiger partial charge in [-0.1, -0.05) is 64.7 Å². The Labute approximate surface area is 90.9 Å². The van der Waals surface area contributed by atoms with Gasteiger partial charge in [0, 0.05) is 10.3 Å². The normalized spacial score (nSPS) is 14.5. The third kappa shape index (κ3) is 2.43. The molecule has 0 nitrogen and oxygen atoms in total. The summed E-state index contributed by atoms with van der Waals surface area (Å²) in [5, 5.41) is -0.992. The van der Waals surface area contributed by atoms with E-state index in [-0.39, 0.29) is 4.21 Å². The molecule has 13 heavy (non-hydrogen) atoms. The lowest BCUT2D eigenvalue weighted by atomic mass is 10.2. The molecule has 0 radical (unpaired) electrons. The molecule has 0 bridgehead atoms. The lowest BCUT2D eigenvalue weighted by Crippen LogP contribution is -2.28. The molecule has 0 aromatic rings. The molecule has 0 saturated heterocycles. The Bertz CT molecular complexity index is 223. The fraction of sp³-hybridized carbons (Fsp3) is 0.889. The van der Waals surface area contributed by atoms with Crippen molar-refractivity contribution >= 4 is 34.6 Å². The van der Waals surface area contributed by atoms with Gasteiger partial charge in [0.2, 0.25) is 0 Å². The Morgan fingerprint density at radius 2 is 1.15 bits per heavy atom. The van der Waals surface area contributed by atoms with Crippen molar-refractivity contribution in [2.45, 2.75) is 51.9 Å². The van der Waals surface area contributed by atoms with Gasteiger partial charge >= 0.3 is 0 Å². The zero-order valence-electron chi connectivity index (χ0n) is 9.08. The molecule has 0 unspecified atom stereocenters.